The summed E-state index contributed by atoms with van der Waals surface area (Å²) >= 11 is 0. The monoisotopic (exact) mass is 242 g/mol. The van der Waals surface area contributed by atoms with Crippen LogP contribution in [0.2, 0.25) is 0 Å². The van der Waals surface area contributed by atoms with Crippen LogP contribution in [0.3, 0.4) is 0 Å². The smallest absolute Gasteiger partial charge is 0.0902 e. The first-order valence-corrected chi connectivity index (χ1v) is 6.90. The lowest BCUT2D eigenvalue weighted by Crippen LogP contribution is -2.59. The molecule has 4 heteroatoms. The van der Waals surface area contributed by atoms with Gasteiger partial charge in [0.05, 0.1) is 18.3 Å². The minimum Gasteiger partial charge on any atom is -0.378 e. The van der Waals surface area contributed by atoms with Crippen LogP contribution in [-0.2, 0) is 9.47 Å². The normalized spacial score (nSPS) is 31.4. The molecule has 2 atom stereocenters. The molecular formula is C13H26N2O2. The molecule has 2 fully saturated rings. The van der Waals surface area contributed by atoms with Crippen molar-refractivity contribution in [3.8, 4) is 0 Å². The molecule has 0 aliphatic carbocycles. The summed E-state index contributed by atoms with van der Waals surface area (Å²) in [7, 11) is 0. The van der Waals surface area contributed by atoms with Crippen molar-refractivity contribution in [3.05, 3.63) is 0 Å². The van der Waals surface area contributed by atoms with Crippen molar-refractivity contribution >= 4 is 0 Å². The molecule has 0 radical (unpaired) electrons. The molecule has 0 saturated carbocycles. The van der Waals surface area contributed by atoms with Crippen LogP contribution < -0.4 is 10.6 Å². The number of nitrogens with one attached hydrogen (secondary N) is 2. The number of hydrogen-bond donors (Lipinski definition) is 2. The standard InChI is InChI=1S/C13H26N2O2/c1-3-12-11(4-6-16-12)8-14-5-7-17-13(2)9-15-10-13/h11-12,14-15H,3-10H2,1-2H3. The predicted molar refractivity (Wildman–Crippen MR) is 68.2 cm³/mol. The largest absolute Gasteiger partial charge is 0.378 e. The van der Waals surface area contributed by atoms with Gasteiger partial charge in [-0.2, -0.15) is 0 Å². The highest BCUT2D eigenvalue weighted by Crippen LogP contribution is 2.22. The Morgan fingerprint density at radius 2 is 2.29 bits per heavy atom. The first-order chi connectivity index (χ1) is 8.23. The molecule has 17 heavy (non-hydrogen) atoms. The molecular weight excluding hydrogens is 216 g/mol. The zero-order valence-electron chi connectivity index (χ0n) is 11.1. The van der Waals surface area contributed by atoms with E-state index in [1.807, 2.05) is 0 Å². The maximum Gasteiger partial charge on any atom is 0.0902 e. The van der Waals surface area contributed by atoms with Gasteiger partial charge in [-0.1, -0.05) is 6.92 Å². The van der Waals surface area contributed by atoms with Gasteiger partial charge in [-0.25, -0.2) is 0 Å². The summed E-state index contributed by atoms with van der Waals surface area (Å²) in [4.78, 5) is 0. The Labute approximate surface area is 104 Å². The summed E-state index contributed by atoms with van der Waals surface area (Å²) < 4.78 is 11.5. The van der Waals surface area contributed by atoms with E-state index < -0.39 is 0 Å². The molecule has 0 amide bonds. The topological polar surface area (TPSA) is 42.5 Å². The van der Waals surface area contributed by atoms with Crippen molar-refractivity contribution in [2.45, 2.75) is 38.4 Å². The maximum atomic E-state index is 5.83. The molecule has 2 N–H and O–H groups in total. The van der Waals surface area contributed by atoms with Crippen LogP contribution in [0.25, 0.3) is 0 Å². The lowest BCUT2D eigenvalue weighted by Gasteiger charge is -2.39. The molecule has 2 rings (SSSR count). The second-order valence-electron chi connectivity index (χ2n) is 5.47. The van der Waals surface area contributed by atoms with E-state index in [0.29, 0.717) is 12.0 Å². The number of hydrogen-bond acceptors (Lipinski definition) is 4. The summed E-state index contributed by atoms with van der Waals surface area (Å²) in [6.45, 7) is 10.1. The molecule has 2 unspecified atom stereocenters. The SMILES string of the molecule is CCC1OCCC1CNCCOC1(C)CNC1. The van der Waals surface area contributed by atoms with Crippen molar-refractivity contribution in [2.75, 3.05) is 39.4 Å². The van der Waals surface area contributed by atoms with E-state index in [-0.39, 0.29) is 5.60 Å². The lowest BCUT2D eigenvalue weighted by molar-refractivity contribution is -0.0650. The van der Waals surface area contributed by atoms with Gasteiger partial charge in [0, 0.05) is 32.8 Å². The molecule has 0 aromatic heterocycles. The Hall–Kier alpha value is -0.160. The third-order valence-electron chi connectivity index (χ3n) is 3.88. The van der Waals surface area contributed by atoms with E-state index in [4.69, 9.17) is 9.47 Å². The van der Waals surface area contributed by atoms with Gasteiger partial charge in [-0.15, -0.1) is 0 Å². The fraction of sp³-hybridized carbons (Fsp3) is 1.00. The van der Waals surface area contributed by atoms with Crippen LogP contribution in [0.5, 0.6) is 0 Å². The molecule has 100 valence electrons. The summed E-state index contributed by atoms with van der Waals surface area (Å²) in [6, 6.07) is 0. The quantitative estimate of drug-likeness (QED) is 0.647. The second kappa shape index (κ2) is 6.14. The Kier molecular flexibility index (Phi) is 4.79. The molecule has 2 aliphatic heterocycles. The molecule has 0 spiro atoms. The van der Waals surface area contributed by atoms with Gasteiger partial charge in [0.2, 0.25) is 0 Å². The van der Waals surface area contributed by atoms with Gasteiger partial charge in [0.25, 0.3) is 0 Å². The van der Waals surface area contributed by atoms with Crippen LogP contribution in [-0.4, -0.2) is 51.1 Å². The van der Waals surface area contributed by atoms with Gasteiger partial charge < -0.3 is 20.1 Å². The van der Waals surface area contributed by atoms with E-state index in [1.54, 1.807) is 0 Å². The van der Waals surface area contributed by atoms with E-state index in [0.717, 1.165) is 45.8 Å². The first-order valence-electron chi connectivity index (χ1n) is 6.90. The van der Waals surface area contributed by atoms with Crippen molar-refractivity contribution in [1.29, 1.82) is 0 Å². The van der Waals surface area contributed by atoms with Gasteiger partial charge in [-0.3, -0.25) is 0 Å². The Morgan fingerprint density at radius 3 is 2.94 bits per heavy atom. The summed E-state index contributed by atoms with van der Waals surface area (Å²) in [5.74, 6) is 0.695. The fourth-order valence-electron chi connectivity index (χ4n) is 2.61. The van der Waals surface area contributed by atoms with Crippen molar-refractivity contribution in [1.82, 2.24) is 10.6 Å². The van der Waals surface area contributed by atoms with E-state index in [9.17, 15) is 0 Å². The van der Waals surface area contributed by atoms with Crippen molar-refractivity contribution < 1.29 is 9.47 Å². The number of ether oxygens (including phenoxy) is 2. The zero-order chi connectivity index (χ0) is 12.1. The molecule has 2 saturated heterocycles. The molecule has 4 nitrogen and oxygen atoms in total. The van der Waals surface area contributed by atoms with Crippen LogP contribution in [0.1, 0.15) is 26.7 Å². The highest BCUT2D eigenvalue weighted by atomic mass is 16.5. The summed E-state index contributed by atoms with van der Waals surface area (Å²) in [5.41, 5.74) is 0.0874. The van der Waals surface area contributed by atoms with Crippen molar-refractivity contribution in [3.63, 3.8) is 0 Å². The van der Waals surface area contributed by atoms with Crippen LogP contribution >= 0.6 is 0 Å². The number of rotatable bonds is 7. The van der Waals surface area contributed by atoms with Crippen LogP contribution in [0.15, 0.2) is 0 Å². The summed E-state index contributed by atoms with van der Waals surface area (Å²) in [5, 5.41) is 6.73. The third kappa shape index (κ3) is 3.65. The van der Waals surface area contributed by atoms with E-state index >= 15 is 0 Å². The highest BCUT2D eigenvalue weighted by Gasteiger charge is 2.32. The van der Waals surface area contributed by atoms with Gasteiger partial charge in [-0.05, 0) is 25.7 Å². The lowest BCUT2D eigenvalue weighted by atomic mass is 9.99. The Bertz CT molecular complexity index is 231. The van der Waals surface area contributed by atoms with E-state index in [2.05, 4.69) is 24.5 Å². The minimum atomic E-state index is 0.0874. The first kappa shape index (κ1) is 13.3. The van der Waals surface area contributed by atoms with Crippen LogP contribution in [0, 0.1) is 5.92 Å². The van der Waals surface area contributed by atoms with Gasteiger partial charge in [0.1, 0.15) is 0 Å². The third-order valence-corrected chi connectivity index (χ3v) is 3.88. The van der Waals surface area contributed by atoms with Crippen LogP contribution in [0.4, 0.5) is 0 Å². The fourth-order valence-corrected chi connectivity index (χ4v) is 2.61. The second-order valence-corrected chi connectivity index (χ2v) is 5.47. The van der Waals surface area contributed by atoms with Crippen molar-refractivity contribution in [2.24, 2.45) is 5.92 Å². The Balaban J connectivity index is 1.51. The van der Waals surface area contributed by atoms with Gasteiger partial charge >= 0.3 is 0 Å². The highest BCUT2D eigenvalue weighted by molar-refractivity contribution is 4.90. The molecule has 2 heterocycles. The van der Waals surface area contributed by atoms with Gasteiger partial charge in [0.15, 0.2) is 0 Å². The average molecular weight is 242 g/mol. The molecule has 0 aromatic carbocycles. The van der Waals surface area contributed by atoms with E-state index in [1.165, 1.54) is 6.42 Å². The average Bonchev–Trinajstić information content (AvgIpc) is 2.73. The zero-order valence-corrected chi connectivity index (χ0v) is 11.1. The Morgan fingerprint density at radius 1 is 1.47 bits per heavy atom. The molecule has 0 aromatic rings. The maximum absolute atomic E-state index is 5.83. The summed E-state index contributed by atoms with van der Waals surface area (Å²) in [6.07, 6.45) is 2.80. The molecule has 2 aliphatic rings. The predicted octanol–water partition coefficient (Wildman–Crippen LogP) is 0.770. The minimum absolute atomic E-state index is 0.0874. The molecule has 0 bridgehead atoms.